The van der Waals surface area contributed by atoms with Crippen LogP contribution in [0.3, 0.4) is 0 Å². The van der Waals surface area contributed by atoms with Crippen molar-refractivity contribution in [1.29, 1.82) is 0 Å². The largest absolute Gasteiger partial charge is 0.369 e. The highest BCUT2D eigenvalue weighted by Gasteiger charge is 2.21. The molecule has 0 saturated carbocycles. The molecule has 4 rings (SSSR count). The van der Waals surface area contributed by atoms with Crippen LogP contribution in [0.15, 0.2) is 41.4 Å². The number of halogens is 1. The van der Waals surface area contributed by atoms with Crippen LogP contribution in [0.4, 0.5) is 17.2 Å². The molecule has 0 bridgehead atoms. The fourth-order valence-corrected chi connectivity index (χ4v) is 4.30. The highest BCUT2D eigenvalue weighted by Crippen LogP contribution is 2.24. The summed E-state index contributed by atoms with van der Waals surface area (Å²) in [6, 6.07) is 9.26. The molecule has 28 heavy (non-hydrogen) atoms. The Kier molecular flexibility index (Phi) is 5.77. The molecular formula is C20H26BrN7. The zero-order chi connectivity index (χ0) is 19.5. The van der Waals surface area contributed by atoms with Crippen LogP contribution in [0.1, 0.15) is 26.7 Å². The molecule has 0 aliphatic carbocycles. The fraction of sp³-hybridized carbons (Fsp3) is 0.450. The third-order valence-corrected chi connectivity index (χ3v) is 5.88. The molecule has 8 heteroatoms. The average molecular weight is 444 g/mol. The minimum Gasteiger partial charge on any atom is -0.369 e. The standard InChI is InChI=1S/C20H26BrN7/c1-3-16(4-2)26-9-11-27(12-10-26)17-7-5-15(6-8-17)24-19-20-22-14-23-28(20)13-18(21)25-19/h5-8,13-14,16H,3-4,9-12H2,1-2H3,(H,24,25). The minimum absolute atomic E-state index is 0.679. The van der Waals surface area contributed by atoms with Gasteiger partial charge in [-0.3, -0.25) is 4.90 Å². The maximum Gasteiger partial charge on any atom is 0.198 e. The molecule has 1 saturated heterocycles. The van der Waals surface area contributed by atoms with Gasteiger partial charge < -0.3 is 10.2 Å². The van der Waals surface area contributed by atoms with E-state index in [1.165, 1.54) is 24.9 Å². The Balaban J connectivity index is 1.42. The maximum atomic E-state index is 4.49. The Labute approximate surface area is 173 Å². The van der Waals surface area contributed by atoms with E-state index in [1.54, 1.807) is 10.7 Å². The van der Waals surface area contributed by atoms with E-state index in [9.17, 15) is 0 Å². The summed E-state index contributed by atoms with van der Waals surface area (Å²) in [5, 5.41) is 7.52. The smallest absolute Gasteiger partial charge is 0.198 e. The van der Waals surface area contributed by atoms with Crippen LogP contribution < -0.4 is 10.2 Å². The Hall–Kier alpha value is -2.19. The molecule has 0 atom stereocenters. The molecule has 0 unspecified atom stereocenters. The Morgan fingerprint density at radius 2 is 1.79 bits per heavy atom. The van der Waals surface area contributed by atoms with Crippen LogP contribution >= 0.6 is 15.9 Å². The van der Waals surface area contributed by atoms with Crippen molar-refractivity contribution in [3.63, 3.8) is 0 Å². The molecule has 2 aromatic heterocycles. The highest BCUT2D eigenvalue weighted by atomic mass is 79.9. The summed E-state index contributed by atoms with van der Waals surface area (Å²) in [4.78, 5) is 13.9. The van der Waals surface area contributed by atoms with Crippen molar-refractivity contribution in [1.82, 2.24) is 24.5 Å². The lowest BCUT2D eigenvalue weighted by Gasteiger charge is -2.39. The average Bonchev–Trinajstić information content (AvgIpc) is 3.19. The summed E-state index contributed by atoms with van der Waals surface area (Å²) in [6.07, 6.45) is 5.79. The third-order valence-electron chi connectivity index (χ3n) is 5.50. The highest BCUT2D eigenvalue weighted by molar-refractivity contribution is 9.10. The van der Waals surface area contributed by atoms with Crippen molar-refractivity contribution >= 4 is 38.8 Å². The lowest BCUT2D eigenvalue weighted by atomic mass is 10.1. The first-order valence-electron chi connectivity index (χ1n) is 9.90. The predicted molar refractivity (Wildman–Crippen MR) is 116 cm³/mol. The first-order chi connectivity index (χ1) is 13.7. The van der Waals surface area contributed by atoms with E-state index < -0.39 is 0 Å². The number of hydrogen-bond donors (Lipinski definition) is 1. The Bertz CT molecular complexity index is 912. The normalized spacial score (nSPS) is 15.5. The maximum absolute atomic E-state index is 4.49. The lowest BCUT2D eigenvalue weighted by Crippen LogP contribution is -2.50. The predicted octanol–water partition coefficient (Wildman–Crippen LogP) is 3.94. The van der Waals surface area contributed by atoms with Gasteiger partial charge in [-0.15, -0.1) is 0 Å². The van der Waals surface area contributed by atoms with Gasteiger partial charge >= 0.3 is 0 Å². The summed E-state index contributed by atoms with van der Waals surface area (Å²) >= 11 is 3.42. The number of nitrogens with zero attached hydrogens (tertiary/aromatic N) is 6. The molecule has 1 aromatic carbocycles. The first-order valence-corrected chi connectivity index (χ1v) is 10.7. The number of aromatic nitrogens is 4. The van der Waals surface area contributed by atoms with Gasteiger partial charge in [0.2, 0.25) is 0 Å². The van der Waals surface area contributed by atoms with E-state index in [1.807, 2.05) is 0 Å². The second kappa shape index (κ2) is 8.45. The van der Waals surface area contributed by atoms with Crippen LogP contribution in [0.25, 0.3) is 5.65 Å². The SMILES string of the molecule is CCC(CC)N1CCN(c2ccc(Nc3nc(Br)cn4ncnc34)cc2)CC1. The number of anilines is 3. The summed E-state index contributed by atoms with van der Waals surface area (Å²) in [7, 11) is 0. The minimum atomic E-state index is 0.679. The number of fused-ring (bicyclic) bond motifs is 1. The van der Waals surface area contributed by atoms with E-state index >= 15 is 0 Å². The van der Waals surface area contributed by atoms with Crippen molar-refractivity contribution in [2.24, 2.45) is 0 Å². The fourth-order valence-electron chi connectivity index (χ4n) is 3.93. The van der Waals surface area contributed by atoms with Gasteiger partial charge in [-0.05, 0) is 53.0 Å². The molecule has 3 heterocycles. The summed E-state index contributed by atoms with van der Waals surface area (Å²) in [5.41, 5.74) is 2.95. The zero-order valence-electron chi connectivity index (χ0n) is 16.3. The number of nitrogens with one attached hydrogen (secondary N) is 1. The Morgan fingerprint density at radius 3 is 2.46 bits per heavy atom. The number of benzene rings is 1. The molecule has 148 valence electrons. The molecule has 1 N–H and O–H groups in total. The molecule has 0 amide bonds. The number of hydrogen-bond acceptors (Lipinski definition) is 6. The van der Waals surface area contributed by atoms with Gasteiger partial charge in [-0.2, -0.15) is 5.10 Å². The van der Waals surface area contributed by atoms with Crippen LogP contribution in [0, 0.1) is 0 Å². The topological polar surface area (TPSA) is 61.6 Å². The quantitative estimate of drug-likeness (QED) is 0.622. The molecule has 1 aliphatic heterocycles. The van der Waals surface area contributed by atoms with Crippen LogP contribution in [-0.2, 0) is 0 Å². The van der Waals surface area contributed by atoms with E-state index in [0.29, 0.717) is 16.1 Å². The van der Waals surface area contributed by atoms with E-state index in [-0.39, 0.29) is 0 Å². The van der Waals surface area contributed by atoms with E-state index in [0.717, 1.165) is 37.9 Å². The van der Waals surface area contributed by atoms with Gasteiger partial charge in [-0.1, -0.05) is 13.8 Å². The second-order valence-corrected chi connectivity index (χ2v) is 7.92. The molecule has 1 fully saturated rings. The molecule has 7 nitrogen and oxygen atoms in total. The van der Waals surface area contributed by atoms with Gasteiger partial charge in [0.15, 0.2) is 11.5 Å². The lowest BCUT2D eigenvalue weighted by molar-refractivity contribution is 0.175. The van der Waals surface area contributed by atoms with Gasteiger partial charge in [0.05, 0.1) is 6.20 Å². The molecule has 3 aromatic rings. The monoisotopic (exact) mass is 443 g/mol. The van der Waals surface area contributed by atoms with Gasteiger partial charge in [0.25, 0.3) is 0 Å². The first kappa shape index (κ1) is 19.1. The molecule has 1 aliphatic rings. The Morgan fingerprint density at radius 1 is 1.07 bits per heavy atom. The van der Waals surface area contributed by atoms with Crippen molar-refractivity contribution in [2.45, 2.75) is 32.7 Å². The summed E-state index contributed by atoms with van der Waals surface area (Å²) in [5.74, 6) is 0.679. The number of rotatable bonds is 6. The summed E-state index contributed by atoms with van der Waals surface area (Å²) in [6.45, 7) is 9.02. The van der Waals surface area contributed by atoms with Crippen molar-refractivity contribution < 1.29 is 0 Å². The van der Waals surface area contributed by atoms with Crippen LogP contribution in [0.5, 0.6) is 0 Å². The van der Waals surface area contributed by atoms with Crippen LogP contribution in [-0.4, -0.2) is 56.7 Å². The van der Waals surface area contributed by atoms with Crippen molar-refractivity contribution in [3.8, 4) is 0 Å². The van der Waals surface area contributed by atoms with Gasteiger partial charge in [0.1, 0.15) is 10.9 Å². The molecular weight excluding hydrogens is 418 g/mol. The van der Waals surface area contributed by atoms with Crippen LogP contribution in [0.2, 0.25) is 0 Å². The van der Waals surface area contributed by atoms with Gasteiger partial charge in [0, 0.05) is 43.6 Å². The summed E-state index contributed by atoms with van der Waals surface area (Å²) < 4.78 is 2.41. The molecule has 0 spiro atoms. The number of piperazine rings is 1. The third kappa shape index (κ3) is 3.98. The van der Waals surface area contributed by atoms with Gasteiger partial charge in [-0.25, -0.2) is 14.5 Å². The second-order valence-electron chi connectivity index (χ2n) is 7.11. The zero-order valence-corrected chi connectivity index (χ0v) is 17.9. The molecule has 0 radical (unpaired) electrons. The van der Waals surface area contributed by atoms with E-state index in [2.05, 4.69) is 84.2 Å². The van der Waals surface area contributed by atoms with E-state index in [4.69, 9.17) is 0 Å². The van der Waals surface area contributed by atoms with Crippen molar-refractivity contribution in [3.05, 3.63) is 41.4 Å². The van der Waals surface area contributed by atoms with Crippen molar-refractivity contribution in [2.75, 3.05) is 36.4 Å².